The minimum absolute atomic E-state index is 0.140. The summed E-state index contributed by atoms with van der Waals surface area (Å²) in [5.74, 6) is 1.39. The van der Waals surface area contributed by atoms with E-state index in [1.165, 1.54) is 12.4 Å². The molecule has 0 aromatic carbocycles. The van der Waals surface area contributed by atoms with Crippen LogP contribution in [0, 0.1) is 5.92 Å². The fourth-order valence-corrected chi connectivity index (χ4v) is 3.54. The van der Waals surface area contributed by atoms with E-state index in [4.69, 9.17) is 9.47 Å². The van der Waals surface area contributed by atoms with Crippen LogP contribution in [0.15, 0.2) is 30.7 Å². The highest BCUT2D eigenvalue weighted by atomic mass is 16.5. The Kier molecular flexibility index (Phi) is 5.48. The third-order valence-electron chi connectivity index (χ3n) is 4.80. The van der Waals surface area contributed by atoms with Gasteiger partial charge in [0.1, 0.15) is 11.3 Å². The Morgan fingerprint density at radius 1 is 1.32 bits per heavy atom. The molecule has 0 saturated heterocycles. The summed E-state index contributed by atoms with van der Waals surface area (Å²) < 4.78 is 11.3. The Balaban J connectivity index is 1.78. The number of carbonyl (C=O) groups is 1. The normalized spacial score (nSPS) is 20.0. The van der Waals surface area contributed by atoms with Crippen molar-refractivity contribution in [3.63, 3.8) is 0 Å². The lowest BCUT2D eigenvalue weighted by molar-refractivity contribution is 0.111. The van der Waals surface area contributed by atoms with Crippen LogP contribution in [0.25, 0.3) is 0 Å². The van der Waals surface area contributed by atoms with Crippen LogP contribution >= 0.6 is 0 Å². The summed E-state index contributed by atoms with van der Waals surface area (Å²) in [4.78, 5) is 19.4. The molecule has 1 aliphatic rings. The molecule has 132 valence electrons. The van der Waals surface area contributed by atoms with Gasteiger partial charge >= 0.3 is 0 Å². The van der Waals surface area contributed by atoms with Crippen molar-refractivity contribution in [2.75, 3.05) is 13.7 Å². The zero-order valence-electron chi connectivity index (χ0n) is 14.2. The lowest BCUT2D eigenvalue weighted by atomic mass is 9.76. The van der Waals surface area contributed by atoms with Crippen molar-refractivity contribution in [2.24, 2.45) is 5.92 Å². The number of aromatic hydroxyl groups is 1. The molecule has 0 aliphatic heterocycles. The average molecular weight is 342 g/mol. The van der Waals surface area contributed by atoms with Crippen LogP contribution in [-0.4, -0.2) is 35.1 Å². The highest BCUT2D eigenvalue weighted by Gasteiger charge is 2.30. The van der Waals surface area contributed by atoms with Crippen molar-refractivity contribution in [3.05, 3.63) is 41.9 Å². The van der Waals surface area contributed by atoms with Crippen LogP contribution in [0.3, 0.4) is 0 Å². The molecular weight excluding hydrogens is 320 g/mol. The van der Waals surface area contributed by atoms with Crippen LogP contribution in [-0.2, 0) is 0 Å². The first kappa shape index (κ1) is 17.2. The molecule has 3 rings (SSSR count). The topological polar surface area (TPSA) is 81.5 Å². The fourth-order valence-electron chi connectivity index (χ4n) is 3.54. The van der Waals surface area contributed by atoms with Crippen molar-refractivity contribution >= 4 is 6.29 Å². The third-order valence-corrected chi connectivity index (χ3v) is 4.80. The molecule has 2 heterocycles. The number of methoxy groups -OCH3 is 1. The van der Waals surface area contributed by atoms with Gasteiger partial charge in [-0.05, 0) is 24.8 Å². The molecule has 0 amide bonds. The minimum Gasteiger partial charge on any atom is -0.505 e. The van der Waals surface area contributed by atoms with E-state index in [9.17, 15) is 9.90 Å². The van der Waals surface area contributed by atoms with Gasteiger partial charge in [-0.15, -0.1) is 0 Å². The van der Waals surface area contributed by atoms with Crippen LogP contribution < -0.4 is 9.47 Å². The molecule has 6 nitrogen and oxygen atoms in total. The first-order chi connectivity index (χ1) is 12.2. The number of rotatable bonds is 6. The lowest BCUT2D eigenvalue weighted by Crippen LogP contribution is -2.24. The smallest absolute Gasteiger partial charge is 0.216 e. The number of aromatic nitrogens is 2. The maximum Gasteiger partial charge on any atom is 0.216 e. The maximum absolute atomic E-state index is 11.2. The quantitative estimate of drug-likeness (QED) is 0.811. The van der Waals surface area contributed by atoms with E-state index in [-0.39, 0.29) is 17.2 Å². The fraction of sp³-hybridized carbons (Fsp3) is 0.421. The molecule has 1 saturated carbocycles. The van der Waals surface area contributed by atoms with Gasteiger partial charge in [0.15, 0.2) is 12.0 Å². The predicted molar refractivity (Wildman–Crippen MR) is 92.3 cm³/mol. The number of ether oxygens (including phenoxy) is 2. The molecule has 2 unspecified atom stereocenters. The predicted octanol–water partition coefficient (Wildman–Crippen LogP) is 3.36. The molecule has 2 atom stereocenters. The summed E-state index contributed by atoms with van der Waals surface area (Å²) in [7, 11) is 1.63. The number of aldehydes is 1. The van der Waals surface area contributed by atoms with E-state index in [0.717, 1.165) is 31.2 Å². The van der Waals surface area contributed by atoms with Crippen molar-refractivity contribution in [1.29, 1.82) is 0 Å². The second-order valence-electron chi connectivity index (χ2n) is 6.25. The molecule has 25 heavy (non-hydrogen) atoms. The van der Waals surface area contributed by atoms with Crippen molar-refractivity contribution < 1.29 is 19.4 Å². The molecule has 0 spiro atoms. The Hall–Kier alpha value is -2.63. The lowest BCUT2D eigenvalue weighted by Gasteiger charge is -2.32. The first-order valence-corrected chi connectivity index (χ1v) is 8.48. The Morgan fingerprint density at radius 3 is 2.96 bits per heavy atom. The molecule has 1 fully saturated rings. The number of hydrogen-bond donors (Lipinski definition) is 1. The van der Waals surface area contributed by atoms with Gasteiger partial charge in [0.05, 0.1) is 26.1 Å². The number of hydrogen-bond acceptors (Lipinski definition) is 6. The maximum atomic E-state index is 11.2. The third kappa shape index (κ3) is 3.73. The second kappa shape index (κ2) is 7.96. The molecule has 1 aliphatic carbocycles. The number of carbonyl (C=O) groups excluding carboxylic acids is 1. The van der Waals surface area contributed by atoms with E-state index in [2.05, 4.69) is 16.0 Å². The highest BCUT2D eigenvalue weighted by Crippen LogP contribution is 2.41. The van der Waals surface area contributed by atoms with Crippen LogP contribution in [0.5, 0.6) is 17.4 Å². The Bertz CT molecular complexity index is 735. The highest BCUT2D eigenvalue weighted by molar-refractivity contribution is 5.82. The summed E-state index contributed by atoms with van der Waals surface area (Å²) >= 11 is 0. The van der Waals surface area contributed by atoms with Crippen LogP contribution in [0.4, 0.5) is 0 Å². The number of pyridine rings is 2. The monoisotopic (exact) mass is 342 g/mol. The van der Waals surface area contributed by atoms with E-state index < -0.39 is 0 Å². The van der Waals surface area contributed by atoms with Crippen LogP contribution in [0.1, 0.15) is 47.5 Å². The van der Waals surface area contributed by atoms with Gasteiger partial charge in [0.2, 0.25) is 5.88 Å². The Morgan fingerprint density at radius 2 is 2.16 bits per heavy atom. The molecule has 2 aromatic rings. The standard InChI is InChI=1S/C19H22N2O4/c1-24-19-15(7-4-8-21-19)14-6-3-2-5-13(14)12-25-18-10-20-9-17(23)16(18)11-22/h4,7-11,13-14,23H,2-3,5-6,12H2,1H3. The summed E-state index contributed by atoms with van der Waals surface area (Å²) in [5.41, 5.74) is 1.24. The van der Waals surface area contributed by atoms with E-state index in [0.29, 0.717) is 30.4 Å². The summed E-state index contributed by atoms with van der Waals surface area (Å²) in [6, 6.07) is 3.98. The van der Waals surface area contributed by atoms with Gasteiger partial charge < -0.3 is 14.6 Å². The average Bonchev–Trinajstić information content (AvgIpc) is 2.66. The van der Waals surface area contributed by atoms with Gasteiger partial charge in [-0.1, -0.05) is 18.9 Å². The number of nitrogens with zero attached hydrogens (tertiary/aromatic N) is 2. The minimum atomic E-state index is -0.165. The van der Waals surface area contributed by atoms with E-state index >= 15 is 0 Å². The van der Waals surface area contributed by atoms with Crippen molar-refractivity contribution in [3.8, 4) is 17.4 Å². The van der Waals surface area contributed by atoms with Gasteiger partial charge in [-0.25, -0.2) is 4.98 Å². The summed E-state index contributed by atoms with van der Waals surface area (Å²) in [5, 5.41) is 9.73. The molecular formula is C19H22N2O4. The largest absolute Gasteiger partial charge is 0.505 e. The second-order valence-corrected chi connectivity index (χ2v) is 6.25. The molecule has 1 N–H and O–H groups in total. The van der Waals surface area contributed by atoms with E-state index in [1.54, 1.807) is 13.3 Å². The van der Waals surface area contributed by atoms with Crippen LogP contribution in [0.2, 0.25) is 0 Å². The summed E-state index contributed by atoms with van der Waals surface area (Å²) in [6.45, 7) is 0.453. The molecule has 2 aromatic heterocycles. The van der Waals surface area contributed by atoms with Gasteiger partial charge in [0, 0.05) is 17.7 Å². The van der Waals surface area contributed by atoms with Gasteiger partial charge in [-0.3, -0.25) is 9.78 Å². The molecule has 0 radical (unpaired) electrons. The summed E-state index contributed by atoms with van der Waals surface area (Å²) in [6.07, 6.45) is 9.41. The van der Waals surface area contributed by atoms with Gasteiger partial charge in [0.25, 0.3) is 0 Å². The zero-order chi connectivity index (χ0) is 17.6. The first-order valence-electron chi connectivity index (χ1n) is 8.48. The SMILES string of the molecule is COc1ncccc1C1CCCCC1COc1cncc(O)c1C=O. The van der Waals surface area contributed by atoms with Gasteiger partial charge in [-0.2, -0.15) is 0 Å². The van der Waals surface area contributed by atoms with Crippen molar-refractivity contribution in [1.82, 2.24) is 9.97 Å². The molecule has 0 bridgehead atoms. The van der Waals surface area contributed by atoms with E-state index in [1.807, 2.05) is 6.07 Å². The van der Waals surface area contributed by atoms with Crippen molar-refractivity contribution in [2.45, 2.75) is 31.6 Å². The molecule has 6 heteroatoms. The Labute approximate surface area is 146 Å². The zero-order valence-corrected chi connectivity index (χ0v) is 14.2.